The number of allylic oxidation sites excluding steroid dienone is 8. The van der Waals surface area contributed by atoms with Gasteiger partial charge in [0.05, 0.1) is 12.5 Å². The van der Waals surface area contributed by atoms with E-state index in [2.05, 4.69) is 126 Å². The summed E-state index contributed by atoms with van der Waals surface area (Å²) in [7, 11) is -2.20. The third-order valence-electron chi connectivity index (χ3n) is 8.54. The maximum atomic E-state index is 6.31. The van der Waals surface area contributed by atoms with Crippen molar-refractivity contribution in [1.82, 2.24) is 0 Å². The fourth-order valence-corrected chi connectivity index (χ4v) is 11.8. The molecule has 0 bridgehead atoms. The predicted octanol–water partition coefficient (Wildman–Crippen LogP) is 10.4. The summed E-state index contributed by atoms with van der Waals surface area (Å²) in [5.41, 5.74) is 9.93. The van der Waals surface area contributed by atoms with Crippen molar-refractivity contribution < 1.29 is 8.83 Å². The molecular weight excluding hydrogens is 492 g/mol. The monoisotopic (exact) mass is 528 g/mol. The van der Waals surface area contributed by atoms with Gasteiger partial charge in [0.25, 0.3) is 0 Å². The largest absolute Gasteiger partial charge is 0.464 e. The highest BCUT2D eigenvalue weighted by molar-refractivity contribution is 6.92. The number of benzene rings is 2. The van der Waals surface area contributed by atoms with Gasteiger partial charge in [-0.15, -0.1) is 0 Å². The van der Waals surface area contributed by atoms with E-state index in [-0.39, 0.29) is 0 Å². The summed E-state index contributed by atoms with van der Waals surface area (Å²) in [6.45, 7) is 14.3. The molecule has 0 spiro atoms. The smallest absolute Gasteiger partial charge is 0.141 e. The van der Waals surface area contributed by atoms with Crippen LogP contribution >= 0.6 is 0 Å². The maximum Gasteiger partial charge on any atom is 0.141 e. The van der Waals surface area contributed by atoms with Gasteiger partial charge < -0.3 is 8.83 Å². The molecule has 2 aliphatic rings. The van der Waals surface area contributed by atoms with Crippen molar-refractivity contribution in [3.63, 3.8) is 0 Å². The molecule has 2 unspecified atom stereocenters. The molecule has 2 nitrogen and oxygen atoms in total. The molecule has 39 heavy (non-hydrogen) atoms. The Morgan fingerprint density at radius 3 is 1.33 bits per heavy atom. The quantitative estimate of drug-likeness (QED) is 0.233. The Balaban J connectivity index is 1.56. The maximum absolute atomic E-state index is 6.31. The lowest BCUT2D eigenvalue weighted by atomic mass is 9.99. The molecule has 2 heterocycles. The minimum absolute atomic E-state index is 0.349. The molecule has 3 heteroatoms. The number of hydrogen-bond acceptors (Lipinski definition) is 2. The average molecular weight is 529 g/mol. The second kappa shape index (κ2) is 9.73. The molecule has 4 aromatic rings. The van der Waals surface area contributed by atoms with Gasteiger partial charge in [-0.25, -0.2) is 0 Å². The lowest BCUT2D eigenvalue weighted by Crippen LogP contribution is -2.37. The summed E-state index contributed by atoms with van der Waals surface area (Å²) >= 11 is 0. The molecule has 0 fully saturated rings. The van der Waals surface area contributed by atoms with Crippen molar-refractivity contribution in [2.24, 2.45) is 11.8 Å². The van der Waals surface area contributed by atoms with Gasteiger partial charge >= 0.3 is 0 Å². The highest BCUT2D eigenvalue weighted by Crippen LogP contribution is 2.52. The second-order valence-corrected chi connectivity index (χ2v) is 15.9. The Hall–Kier alpha value is -3.82. The van der Waals surface area contributed by atoms with Crippen LogP contribution in [0.15, 0.2) is 128 Å². The van der Waals surface area contributed by atoms with Gasteiger partial charge in [0.1, 0.15) is 19.6 Å². The van der Waals surface area contributed by atoms with E-state index in [0.29, 0.717) is 11.8 Å². The van der Waals surface area contributed by atoms with Crippen LogP contribution in [0.4, 0.5) is 0 Å². The fraction of sp³-hybridized carbons (Fsp3) is 0.222. The van der Waals surface area contributed by atoms with Gasteiger partial charge in [-0.2, -0.15) is 0 Å². The topological polar surface area (TPSA) is 26.3 Å². The molecule has 2 aliphatic carbocycles. The van der Waals surface area contributed by atoms with E-state index in [1.807, 2.05) is 12.5 Å². The molecule has 0 radical (unpaired) electrons. The zero-order valence-electron chi connectivity index (χ0n) is 23.7. The Kier molecular flexibility index (Phi) is 6.35. The Labute approximate surface area is 233 Å². The van der Waals surface area contributed by atoms with E-state index < -0.39 is 8.07 Å². The van der Waals surface area contributed by atoms with Crippen molar-refractivity contribution in [3.8, 4) is 22.3 Å². The van der Waals surface area contributed by atoms with Gasteiger partial charge in [0, 0.05) is 22.3 Å². The van der Waals surface area contributed by atoms with Crippen LogP contribution in [-0.2, 0) is 0 Å². The van der Waals surface area contributed by atoms with Crippen molar-refractivity contribution in [1.29, 1.82) is 0 Å². The van der Waals surface area contributed by atoms with Gasteiger partial charge in [0.2, 0.25) is 0 Å². The molecule has 0 saturated heterocycles. The van der Waals surface area contributed by atoms with Crippen LogP contribution in [0, 0.1) is 11.8 Å². The zero-order chi connectivity index (χ0) is 27.3. The summed E-state index contributed by atoms with van der Waals surface area (Å²) in [5, 5.41) is 3.09. The van der Waals surface area contributed by atoms with Crippen LogP contribution < -0.4 is 0 Å². The molecule has 2 atom stereocenters. The third-order valence-corrected chi connectivity index (χ3v) is 12.6. The summed E-state index contributed by atoms with van der Waals surface area (Å²) < 4.78 is 12.6. The molecule has 0 amide bonds. The first-order chi connectivity index (χ1) is 18.8. The van der Waals surface area contributed by atoms with Crippen molar-refractivity contribution in [2.75, 3.05) is 0 Å². The Morgan fingerprint density at radius 1 is 0.564 bits per heavy atom. The van der Waals surface area contributed by atoms with E-state index in [0.717, 1.165) is 22.6 Å². The highest BCUT2D eigenvalue weighted by atomic mass is 28.3. The fourth-order valence-electron chi connectivity index (χ4n) is 7.17. The van der Waals surface area contributed by atoms with E-state index in [1.165, 1.54) is 33.4 Å². The lowest BCUT2D eigenvalue weighted by Gasteiger charge is -2.34. The predicted molar refractivity (Wildman–Crippen MR) is 165 cm³/mol. The molecular formula is C36H36O2Si. The van der Waals surface area contributed by atoms with E-state index in [9.17, 15) is 0 Å². The van der Waals surface area contributed by atoms with Crippen LogP contribution in [0.3, 0.4) is 0 Å². The summed E-state index contributed by atoms with van der Waals surface area (Å²) in [6.07, 6.45) is 8.55. The molecule has 2 aromatic carbocycles. The minimum Gasteiger partial charge on any atom is -0.464 e. The van der Waals surface area contributed by atoms with Crippen molar-refractivity contribution in [3.05, 3.63) is 131 Å². The standard InChI is InChI=1S/C36H36O2Si/c1-23-21-25(3)35(31(23)33-29(17-19-37-33)27-13-9-7-10-14-27)39(5,6)36-26(4)22-24(2)32(36)34-30(18-20-38-34)28-15-11-8-12-16-28/h7-22,25-26H,1-6H3. The van der Waals surface area contributed by atoms with Gasteiger partial charge in [0.15, 0.2) is 0 Å². The van der Waals surface area contributed by atoms with E-state index >= 15 is 0 Å². The first-order valence-electron chi connectivity index (χ1n) is 13.9. The third kappa shape index (κ3) is 4.16. The average Bonchev–Trinajstić information content (AvgIpc) is 3.70. The zero-order valence-corrected chi connectivity index (χ0v) is 24.7. The number of rotatable bonds is 6. The molecule has 196 valence electrons. The molecule has 0 aliphatic heterocycles. The Morgan fingerprint density at radius 2 is 0.949 bits per heavy atom. The van der Waals surface area contributed by atoms with Gasteiger partial charge in [-0.1, -0.05) is 110 Å². The normalized spacial score (nSPS) is 19.6. The van der Waals surface area contributed by atoms with Crippen LogP contribution in [-0.4, -0.2) is 8.07 Å². The van der Waals surface area contributed by atoms with Crippen molar-refractivity contribution in [2.45, 2.75) is 40.8 Å². The van der Waals surface area contributed by atoms with Gasteiger partial charge in [-0.3, -0.25) is 0 Å². The highest BCUT2D eigenvalue weighted by Gasteiger charge is 2.44. The second-order valence-electron chi connectivity index (χ2n) is 11.5. The molecule has 0 N–H and O–H groups in total. The minimum atomic E-state index is -2.20. The van der Waals surface area contributed by atoms with Crippen molar-refractivity contribution >= 4 is 19.2 Å². The summed E-state index contributed by atoms with van der Waals surface area (Å²) in [4.78, 5) is 0. The van der Waals surface area contributed by atoms with Crippen LogP contribution in [0.5, 0.6) is 0 Å². The molecule has 2 aromatic heterocycles. The summed E-state index contributed by atoms with van der Waals surface area (Å²) in [6, 6.07) is 25.4. The lowest BCUT2D eigenvalue weighted by molar-refractivity contribution is 0.554. The number of furan rings is 2. The molecule has 0 saturated carbocycles. The first kappa shape index (κ1) is 25.5. The summed E-state index contributed by atoms with van der Waals surface area (Å²) in [5.74, 6) is 2.69. The van der Waals surface area contributed by atoms with Crippen LogP contribution in [0.1, 0.15) is 39.2 Å². The van der Waals surface area contributed by atoms with E-state index in [1.54, 1.807) is 10.4 Å². The first-order valence-corrected chi connectivity index (χ1v) is 16.9. The van der Waals surface area contributed by atoms with Gasteiger partial charge in [-0.05, 0) is 60.1 Å². The SMILES string of the molecule is CC1=CC(C)C([Si](C)(C)C2=C(c3occc3-c3ccccc3)C(C)=CC2C)=C1c1occc1-c1ccccc1. The molecule has 6 rings (SSSR count). The Bertz CT molecular complexity index is 1530. The number of hydrogen-bond donors (Lipinski definition) is 0. The van der Waals surface area contributed by atoms with Crippen LogP contribution in [0.25, 0.3) is 33.4 Å². The van der Waals surface area contributed by atoms with Crippen LogP contribution in [0.2, 0.25) is 13.1 Å². The van der Waals surface area contributed by atoms with E-state index in [4.69, 9.17) is 8.83 Å².